The fourth-order valence-electron chi connectivity index (χ4n) is 3.56. The van der Waals surface area contributed by atoms with Crippen molar-refractivity contribution in [1.29, 1.82) is 0 Å². The summed E-state index contributed by atoms with van der Waals surface area (Å²) in [7, 11) is 0. The molecule has 1 aliphatic heterocycles. The molecule has 0 fully saturated rings. The second-order valence-electron chi connectivity index (χ2n) is 6.86. The molecule has 0 bridgehead atoms. The summed E-state index contributed by atoms with van der Waals surface area (Å²) in [5.41, 5.74) is 1.68. The minimum atomic E-state index is -0.147. The van der Waals surface area contributed by atoms with E-state index >= 15 is 0 Å². The molecule has 27 heavy (non-hydrogen) atoms. The molecule has 140 valence electrons. The number of nitrogens with zero attached hydrogens (tertiary/aromatic N) is 3. The third-order valence-electron chi connectivity index (χ3n) is 5.01. The normalized spacial score (nSPS) is 14.0. The van der Waals surface area contributed by atoms with E-state index in [1.54, 1.807) is 10.8 Å². The van der Waals surface area contributed by atoms with Gasteiger partial charge in [0, 0.05) is 37.8 Å². The van der Waals surface area contributed by atoms with E-state index < -0.39 is 0 Å². The van der Waals surface area contributed by atoms with Crippen LogP contribution in [0.5, 0.6) is 0 Å². The number of rotatable bonds is 4. The van der Waals surface area contributed by atoms with E-state index in [1.165, 1.54) is 11.3 Å². The lowest BCUT2D eigenvalue weighted by Gasteiger charge is -2.08. The predicted molar refractivity (Wildman–Crippen MR) is 106 cm³/mol. The molecule has 0 saturated heterocycles. The Morgan fingerprint density at radius 2 is 2.19 bits per heavy atom. The molecule has 0 aliphatic carbocycles. The highest BCUT2D eigenvalue weighted by Gasteiger charge is 2.22. The molecule has 0 unspecified atom stereocenters. The summed E-state index contributed by atoms with van der Waals surface area (Å²) in [6.07, 6.45) is 6.43. The first-order valence-corrected chi connectivity index (χ1v) is 10.2. The first kappa shape index (κ1) is 17.9. The molecule has 0 aromatic carbocycles. The zero-order chi connectivity index (χ0) is 18.8. The second kappa shape index (κ2) is 7.60. The van der Waals surface area contributed by atoms with Gasteiger partial charge in [0.2, 0.25) is 0 Å². The van der Waals surface area contributed by atoms with Crippen molar-refractivity contribution < 1.29 is 4.79 Å². The summed E-state index contributed by atoms with van der Waals surface area (Å²) >= 11 is 1.32. The van der Waals surface area contributed by atoms with Gasteiger partial charge in [-0.1, -0.05) is 12.5 Å². The molecule has 0 saturated carbocycles. The molecule has 3 aromatic rings. The topological polar surface area (TPSA) is 76.9 Å². The van der Waals surface area contributed by atoms with Crippen molar-refractivity contribution in [2.75, 3.05) is 6.54 Å². The molecule has 4 rings (SSSR count). The van der Waals surface area contributed by atoms with Crippen molar-refractivity contribution in [3.63, 3.8) is 0 Å². The highest BCUT2D eigenvalue weighted by atomic mass is 32.1. The van der Waals surface area contributed by atoms with Crippen molar-refractivity contribution in [3.05, 3.63) is 56.7 Å². The van der Waals surface area contributed by atoms with Crippen LogP contribution in [0, 0.1) is 6.92 Å². The van der Waals surface area contributed by atoms with Gasteiger partial charge in [0.15, 0.2) is 0 Å². The van der Waals surface area contributed by atoms with Gasteiger partial charge >= 0.3 is 0 Å². The average molecular weight is 382 g/mol. The zero-order valence-corrected chi connectivity index (χ0v) is 16.1. The Morgan fingerprint density at radius 3 is 3.00 bits per heavy atom. The number of carbonyl (C=O) groups excluding carboxylic acids is 1. The van der Waals surface area contributed by atoms with Gasteiger partial charge in [0.05, 0.1) is 10.3 Å². The van der Waals surface area contributed by atoms with Gasteiger partial charge in [-0.3, -0.25) is 19.1 Å². The molecular weight excluding hydrogens is 360 g/mol. The maximum Gasteiger partial charge on any atom is 0.262 e. The Balaban J connectivity index is 1.59. The average Bonchev–Trinajstić information content (AvgIpc) is 2.85. The standard InChI is InChI=1S/C20H22N4O2S/c1-13-16-19(23-15-8-3-2-6-12-24(15)20(16)26)27-17(13)18(25)22-11-9-14-7-4-5-10-21-14/h4-5,7,10H,2-3,6,8-9,11-12H2,1H3,(H,22,25). The number of hydrogen-bond acceptors (Lipinski definition) is 5. The number of aryl methyl sites for hydroxylation is 2. The second-order valence-corrected chi connectivity index (χ2v) is 7.86. The van der Waals surface area contributed by atoms with E-state index in [-0.39, 0.29) is 11.5 Å². The van der Waals surface area contributed by atoms with Gasteiger partial charge in [-0.15, -0.1) is 11.3 Å². The molecule has 0 spiro atoms. The third-order valence-corrected chi connectivity index (χ3v) is 6.20. The quantitative estimate of drug-likeness (QED) is 0.753. The molecular formula is C20H22N4O2S. The van der Waals surface area contributed by atoms with Crippen LogP contribution < -0.4 is 10.9 Å². The minimum absolute atomic E-state index is 0.00168. The van der Waals surface area contributed by atoms with Crippen LogP contribution in [0.15, 0.2) is 29.2 Å². The van der Waals surface area contributed by atoms with Crippen molar-refractivity contribution in [2.24, 2.45) is 0 Å². The van der Waals surface area contributed by atoms with Crippen LogP contribution in [-0.4, -0.2) is 27.0 Å². The molecule has 1 amide bonds. The Bertz CT molecular complexity index is 1040. The van der Waals surface area contributed by atoms with Crippen LogP contribution >= 0.6 is 11.3 Å². The first-order chi connectivity index (χ1) is 13.1. The first-order valence-electron chi connectivity index (χ1n) is 9.36. The number of fused-ring (bicyclic) bond motifs is 2. The number of nitrogens with one attached hydrogen (secondary N) is 1. The lowest BCUT2D eigenvalue weighted by molar-refractivity contribution is 0.0957. The van der Waals surface area contributed by atoms with E-state index in [4.69, 9.17) is 4.98 Å². The van der Waals surface area contributed by atoms with Gasteiger partial charge < -0.3 is 5.32 Å². The lowest BCUT2D eigenvalue weighted by atomic mass is 10.2. The molecule has 3 aromatic heterocycles. The summed E-state index contributed by atoms with van der Waals surface area (Å²) in [6, 6.07) is 5.74. The molecule has 6 nitrogen and oxygen atoms in total. The summed E-state index contributed by atoms with van der Waals surface area (Å²) in [4.78, 5) is 35.9. The van der Waals surface area contributed by atoms with Crippen molar-refractivity contribution in [3.8, 4) is 0 Å². The van der Waals surface area contributed by atoms with Crippen LogP contribution in [0.1, 0.15) is 46.0 Å². The SMILES string of the molecule is Cc1c(C(=O)NCCc2ccccn2)sc2nc3n(c(=O)c12)CCCCC3. The van der Waals surface area contributed by atoms with Crippen LogP contribution in [0.25, 0.3) is 10.2 Å². The highest BCUT2D eigenvalue weighted by Crippen LogP contribution is 2.28. The van der Waals surface area contributed by atoms with Crippen LogP contribution in [0.4, 0.5) is 0 Å². The van der Waals surface area contributed by atoms with E-state index in [0.29, 0.717) is 28.1 Å². The maximum atomic E-state index is 13.0. The van der Waals surface area contributed by atoms with Gasteiger partial charge in [0.1, 0.15) is 10.7 Å². The van der Waals surface area contributed by atoms with E-state index in [0.717, 1.165) is 49.3 Å². The van der Waals surface area contributed by atoms with E-state index in [1.807, 2.05) is 25.1 Å². The Labute approximate surface area is 161 Å². The van der Waals surface area contributed by atoms with E-state index in [9.17, 15) is 9.59 Å². The largest absolute Gasteiger partial charge is 0.351 e. The molecule has 7 heteroatoms. The lowest BCUT2D eigenvalue weighted by Crippen LogP contribution is -2.26. The number of hydrogen-bond donors (Lipinski definition) is 1. The Morgan fingerprint density at radius 1 is 1.30 bits per heavy atom. The summed E-state index contributed by atoms with van der Waals surface area (Å²) < 4.78 is 1.80. The number of pyridine rings is 1. The van der Waals surface area contributed by atoms with Gasteiger partial charge in [0.25, 0.3) is 11.5 Å². The van der Waals surface area contributed by atoms with Crippen molar-refractivity contribution in [2.45, 2.75) is 45.6 Å². The van der Waals surface area contributed by atoms with Crippen LogP contribution in [0.2, 0.25) is 0 Å². The number of carbonyl (C=O) groups is 1. The summed E-state index contributed by atoms with van der Waals surface area (Å²) in [6.45, 7) is 3.07. The molecule has 0 radical (unpaired) electrons. The maximum absolute atomic E-state index is 13.0. The third kappa shape index (κ3) is 3.51. The van der Waals surface area contributed by atoms with Gasteiger partial charge in [-0.05, 0) is 37.5 Å². The molecule has 1 aliphatic rings. The number of amides is 1. The van der Waals surface area contributed by atoms with Gasteiger partial charge in [-0.2, -0.15) is 0 Å². The highest BCUT2D eigenvalue weighted by molar-refractivity contribution is 7.20. The molecule has 0 atom stereocenters. The Hall–Kier alpha value is -2.54. The summed E-state index contributed by atoms with van der Waals surface area (Å²) in [5.74, 6) is 0.708. The van der Waals surface area contributed by atoms with Crippen molar-refractivity contribution in [1.82, 2.24) is 19.9 Å². The monoisotopic (exact) mass is 382 g/mol. The fourth-order valence-corrected chi connectivity index (χ4v) is 4.66. The predicted octanol–water partition coefficient (Wildman–Crippen LogP) is 2.86. The summed E-state index contributed by atoms with van der Waals surface area (Å²) in [5, 5.41) is 3.54. The number of thiophene rings is 1. The van der Waals surface area contributed by atoms with Crippen LogP contribution in [-0.2, 0) is 19.4 Å². The molecule has 4 heterocycles. The van der Waals surface area contributed by atoms with E-state index in [2.05, 4.69) is 10.3 Å². The zero-order valence-electron chi connectivity index (χ0n) is 15.3. The minimum Gasteiger partial charge on any atom is -0.351 e. The Kier molecular flexibility index (Phi) is 5.03. The van der Waals surface area contributed by atoms with Crippen molar-refractivity contribution >= 4 is 27.5 Å². The number of aromatic nitrogens is 3. The van der Waals surface area contributed by atoms with Gasteiger partial charge in [-0.25, -0.2) is 4.98 Å². The fraction of sp³-hybridized carbons (Fsp3) is 0.400. The molecule has 1 N–H and O–H groups in total. The van der Waals surface area contributed by atoms with Crippen LogP contribution in [0.3, 0.4) is 0 Å². The smallest absolute Gasteiger partial charge is 0.262 e.